The van der Waals surface area contributed by atoms with Gasteiger partial charge in [0.2, 0.25) is 0 Å². The van der Waals surface area contributed by atoms with Crippen LogP contribution in [0.3, 0.4) is 0 Å². The summed E-state index contributed by atoms with van der Waals surface area (Å²) in [6, 6.07) is 6.06. The van der Waals surface area contributed by atoms with Gasteiger partial charge in [-0.05, 0) is 30.7 Å². The summed E-state index contributed by atoms with van der Waals surface area (Å²) in [6.07, 6.45) is 0. The van der Waals surface area contributed by atoms with E-state index in [1.807, 2.05) is 0 Å². The van der Waals surface area contributed by atoms with E-state index in [1.54, 1.807) is 0 Å². The molecule has 20 heavy (non-hydrogen) atoms. The van der Waals surface area contributed by atoms with Gasteiger partial charge in [0.15, 0.2) is 5.75 Å². The second-order valence-corrected chi connectivity index (χ2v) is 4.28. The minimum Gasteiger partial charge on any atom is -0.505 e. The molecule has 0 saturated carbocycles. The number of halogens is 2. The quantitative estimate of drug-likeness (QED) is 0.584. The predicted octanol–water partition coefficient (Wildman–Crippen LogP) is 2.81. The van der Waals surface area contributed by atoms with E-state index in [2.05, 4.69) is 5.32 Å². The summed E-state index contributed by atoms with van der Waals surface area (Å²) in [4.78, 5) is 11.9. The molecule has 1 amide bonds. The topological polar surface area (TPSA) is 75.4 Å². The number of carbonyl (C=O) groups excluding carboxylic acids is 1. The highest BCUT2D eigenvalue weighted by atomic mass is 19.1. The van der Waals surface area contributed by atoms with Crippen molar-refractivity contribution in [1.29, 1.82) is 0 Å². The Morgan fingerprint density at radius 2 is 1.95 bits per heavy atom. The number of nitrogens with two attached hydrogens (primary N) is 1. The van der Waals surface area contributed by atoms with Crippen LogP contribution in [0.25, 0.3) is 0 Å². The molecule has 104 valence electrons. The minimum absolute atomic E-state index is 0.0215. The zero-order valence-electron chi connectivity index (χ0n) is 10.6. The first kappa shape index (κ1) is 13.8. The number of aromatic hydroxyl groups is 1. The number of hydrogen-bond acceptors (Lipinski definition) is 3. The van der Waals surface area contributed by atoms with Crippen LogP contribution < -0.4 is 11.1 Å². The fourth-order valence-electron chi connectivity index (χ4n) is 1.68. The number of amides is 1. The molecule has 0 unspecified atom stereocenters. The van der Waals surface area contributed by atoms with Gasteiger partial charge in [0.1, 0.15) is 11.6 Å². The van der Waals surface area contributed by atoms with E-state index in [1.165, 1.54) is 25.1 Å². The van der Waals surface area contributed by atoms with Gasteiger partial charge in [0.25, 0.3) is 5.91 Å². The van der Waals surface area contributed by atoms with E-state index < -0.39 is 23.3 Å². The average molecular weight is 278 g/mol. The Bertz CT molecular complexity index is 687. The highest BCUT2D eigenvalue weighted by Crippen LogP contribution is 2.26. The van der Waals surface area contributed by atoms with E-state index in [4.69, 9.17) is 5.73 Å². The van der Waals surface area contributed by atoms with Crippen LogP contribution in [-0.4, -0.2) is 11.0 Å². The first-order valence-electron chi connectivity index (χ1n) is 5.74. The maximum atomic E-state index is 13.6. The lowest BCUT2D eigenvalue weighted by atomic mass is 10.1. The molecule has 6 heteroatoms. The monoisotopic (exact) mass is 278 g/mol. The lowest BCUT2D eigenvalue weighted by Crippen LogP contribution is -2.14. The van der Waals surface area contributed by atoms with E-state index in [-0.39, 0.29) is 22.5 Å². The molecule has 0 spiro atoms. The molecular weight excluding hydrogens is 266 g/mol. The molecular formula is C14H12F2N2O2. The highest BCUT2D eigenvalue weighted by Gasteiger charge is 2.16. The SMILES string of the molecule is Cc1cc(F)c(NC(=O)c2cccc(N)c2O)cc1F. The van der Waals surface area contributed by atoms with Crippen LogP contribution in [-0.2, 0) is 0 Å². The van der Waals surface area contributed by atoms with Crippen LogP contribution in [0.4, 0.5) is 20.2 Å². The zero-order chi connectivity index (χ0) is 14.9. The molecule has 4 nitrogen and oxygen atoms in total. The lowest BCUT2D eigenvalue weighted by molar-refractivity contribution is 0.102. The number of para-hydroxylation sites is 1. The maximum Gasteiger partial charge on any atom is 0.259 e. The third-order valence-corrected chi connectivity index (χ3v) is 2.81. The third kappa shape index (κ3) is 2.54. The third-order valence-electron chi connectivity index (χ3n) is 2.81. The predicted molar refractivity (Wildman–Crippen MR) is 71.6 cm³/mol. The van der Waals surface area contributed by atoms with Crippen LogP contribution in [0, 0.1) is 18.6 Å². The van der Waals surface area contributed by atoms with Crippen LogP contribution >= 0.6 is 0 Å². The molecule has 0 bridgehead atoms. The summed E-state index contributed by atoms with van der Waals surface area (Å²) in [5.41, 5.74) is 5.19. The van der Waals surface area contributed by atoms with Gasteiger partial charge in [-0.25, -0.2) is 8.78 Å². The highest BCUT2D eigenvalue weighted by molar-refractivity contribution is 6.07. The second-order valence-electron chi connectivity index (χ2n) is 4.28. The van der Waals surface area contributed by atoms with Gasteiger partial charge in [0, 0.05) is 6.07 Å². The van der Waals surface area contributed by atoms with E-state index in [0.717, 1.165) is 12.1 Å². The van der Waals surface area contributed by atoms with Gasteiger partial charge in [0.05, 0.1) is 16.9 Å². The summed E-state index contributed by atoms with van der Waals surface area (Å²) >= 11 is 0. The summed E-state index contributed by atoms with van der Waals surface area (Å²) in [6.45, 7) is 1.41. The van der Waals surface area contributed by atoms with E-state index >= 15 is 0 Å². The first-order valence-corrected chi connectivity index (χ1v) is 5.74. The van der Waals surface area contributed by atoms with Gasteiger partial charge in [-0.3, -0.25) is 4.79 Å². The largest absolute Gasteiger partial charge is 0.505 e. The molecule has 0 saturated heterocycles. The molecule has 0 aliphatic heterocycles. The van der Waals surface area contributed by atoms with Gasteiger partial charge in [-0.15, -0.1) is 0 Å². The van der Waals surface area contributed by atoms with Crippen molar-refractivity contribution < 1.29 is 18.7 Å². The fraction of sp³-hybridized carbons (Fsp3) is 0.0714. The van der Waals surface area contributed by atoms with E-state index in [0.29, 0.717) is 0 Å². The van der Waals surface area contributed by atoms with Crippen molar-refractivity contribution in [2.24, 2.45) is 0 Å². The zero-order valence-corrected chi connectivity index (χ0v) is 10.6. The Hall–Kier alpha value is -2.63. The van der Waals surface area contributed by atoms with Gasteiger partial charge in [-0.1, -0.05) is 6.07 Å². The first-order chi connectivity index (χ1) is 9.40. The average Bonchev–Trinajstić information content (AvgIpc) is 2.39. The molecule has 0 radical (unpaired) electrons. The molecule has 0 heterocycles. The number of nitrogens with one attached hydrogen (secondary N) is 1. The molecule has 2 aromatic carbocycles. The Kier molecular flexibility index (Phi) is 3.56. The number of aryl methyl sites for hydroxylation is 1. The van der Waals surface area contributed by atoms with Crippen LogP contribution in [0.15, 0.2) is 30.3 Å². The number of nitrogen functional groups attached to an aromatic ring is 1. The normalized spacial score (nSPS) is 10.3. The fourth-order valence-corrected chi connectivity index (χ4v) is 1.68. The second kappa shape index (κ2) is 5.16. The van der Waals surface area contributed by atoms with Gasteiger partial charge < -0.3 is 16.2 Å². The van der Waals surface area contributed by atoms with Crippen molar-refractivity contribution in [2.45, 2.75) is 6.92 Å². The number of phenolic OH excluding ortho intramolecular Hbond substituents is 1. The van der Waals surface area contributed by atoms with Crippen LogP contribution in [0.2, 0.25) is 0 Å². The number of hydrogen-bond donors (Lipinski definition) is 3. The molecule has 2 aromatic rings. The molecule has 4 N–H and O–H groups in total. The van der Waals surface area contributed by atoms with Gasteiger partial charge >= 0.3 is 0 Å². The smallest absolute Gasteiger partial charge is 0.259 e. The maximum absolute atomic E-state index is 13.6. The van der Waals surface area contributed by atoms with Gasteiger partial charge in [-0.2, -0.15) is 0 Å². The Morgan fingerprint density at radius 1 is 1.25 bits per heavy atom. The number of anilines is 2. The van der Waals surface area contributed by atoms with Crippen molar-refractivity contribution in [2.75, 3.05) is 11.1 Å². The summed E-state index contributed by atoms with van der Waals surface area (Å²) in [5, 5.41) is 11.9. The minimum atomic E-state index is -0.781. The number of benzene rings is 2. The number of phenols is 1. The molecule has 0 aliphatic carbocycles. The van der Waals surface area contributed by atoms with E-state index in [9.17, 15) is 18.7 Å². The van der Waals surface area contributed by atoms with Crippen molar-refractivity contribution in [3.05, 3.63) is 53.1 Å². The van der Waals surface area contributed by atoms with Crippen molar-refractivity contribution in [3.8, 4) is 5.75 Å². The Balaban J connectivity index is 2.33. The standard InChI is InChI=1S/C14H12F2N2O2/c1-7-5-10(16)12(6-9(7)15)18-14(20)8-3-2-4-11(17)13(8)19/h2-6,19H,17H2,1H3,(H,18,20). The number of rotatable bonds is 2. The van der Waals surface area contributed by atoms with Crippen LogP contribution in [0.5, 0.6) is 5.75 Å². The summed E-state index contributed by atoms with van der Waals surface area (Å²) in [7, 11) is 0. The molecule has 2 rings (SSSR count). The van der Waals surface area contributed by atoms with Crippen molar-refractivity contribution >= 4 is 17.3 Å². The van der Waals surface area contributed by atoms with Crippen molar-refractivity contribution in [1.82, 2.24) is 0 Å². The van der Waals surface area contributed by atoms with Crippen LogP contribution in [0.1, 0.15) is 15.9 Å². The van der Waals surface area contributed by atoms with Crippen molar-refractivity contribution in [3.63, 3.8) is 0 Å². The molecule has 0 atom stereocenters. The molecule has 0 aromatic heterocycles. The summed E-state index contributed by atoms with van der Waals surface area (Å²) < 4.78 is 27.0. The Morgan fingerprint density at radius 3 is 2.65 bits per heavy atom. The lowest BCUT2D eigenvalue weighted by Gasteiger charge is -2.10. The summed E-state index contributed by atoms with van der Waals surface area (Å²) in [5.74, 6) is -2.59. The number of carbonyl (C=O) groups is 1. The Labute approximate surface area is 113 Å². The molecule has 0 fully saturated rings. The molecule has 0 aliphatic rings.